The monoisotopic (exact) mass is 212 g/mol. The van der Waals surface area contributed by atoms with Crippen LogP contribution in [0.1, 0.15) is 24.3 Å². The largest absolute Gasteiger partial charge is 0.324 e. The normalized spacial score (nSPS) is 12.4. The highest BCUT2D eigenvalue weighted by molar-refractivity contribution is 7.15. The molecule has 0 unspecified atom stereocenters. The molecule has 2 N–H and O–H groups in total. The third-order valence-corrected chi connectivity index (χ3v) is 2.90. The van der Waals surface area contributed by atoms with Crippen LogP contribution in [0.2, 0.25) is 0 Å². The van der Waals surface area contributed by atoms with Gasteiger partial charge in [-0.05, 0) is 19.4 Å². The first-order chi connectivity index (χ1) is 6.50. The average Bonchev–Trinajstić information content (AvgIpc) is 2.50. The van der Waals surface area contributed by atoms with Crippen molar-refractivity contribution in [1.82, 2.24) is 0 Å². The summed E-state index contributed by atoms with van der Waals surface area (Å²) >= 11 is 1.13. The minimum absolute atomic E-state index is 0.136. The Bertz CT molecular complexity index is 359. The van der Waals surface area contributed by atoms with Gasteiger partial charge in [-0.2, -0.15) is 0 Å². The molecule has 0 aliphatic rings. The fourth-order valence-corrected chi connectivity index (χ4v) is 1.94. The lowest BCUT2D eigenvalue weighted by Gasteiger charge is -2.07. The lowest BCUT2D eigenvalue weighted by atomic mass is 10.1. The van der Waals surface area contributed by atoms with Gasteiger partial charge in [-0.15, -0.1) is 6.58 Å². The Morgan fingerprint density at radius 1 is 1.79 bits per heavy atom. The fraction of sp³-hybridized carbons (Fsp3) is 0.333. The molecule has 0 saturated heterocycles. The van der Waals surface area contributed by atoms with Gasteiger partial charge in [0.1, 0.15) is 0 Å². The third kappa shape index (κ3) is 2.65. The third-order valence-electron chi connectivity index (χ3n) is 1.73. The second-order valence-corrected chi connectivity index (χ2v) is 4.29. The molecular formula is C9H12N2O2S. The Morgan fingerprint density at radius 3 is 2.86 bits per heavy atom. The van der Waals surface area contributed by atoms with Crippen molar-refractivity contribution in [3.8, 4) is 0 Å². The maximum atomic E-state index is 10.4. The molecule has 1 atom stereocenters. The van der Waals surface area contributed by atoms with Crippen molar-refractivity contribution in [3.05, 3.63) is 39.3 Å². The van der Waals surface area contributed by atoms with Crippen LogP contribution in [0.5, 0.6) is 0 Å². The lowest BCUT2D eigenvalue weighted by molar-refractivity contribution is -0.380. The molecule has 0 fully saturated rings. The molecule has 14 heavy (non-hydrogen) atoms. The minimum Gasteiger partial charge on any atom is -0.323 e. The quantitative estimate of drug-likeness (QED) is 0.474. The van der Waals surface area contributed by atoms with Crippen LogP contribution >= 0.6 is 11.3 Å². The van der Waals surface area contributed by atoms with E-state index in [1.165, 1.54) is 6.07 Å². The molecule has 1 heterocycles. The number of rotatable bonds is 4. The van der Waals surface area contributed by atoms with Crippen LogP contribution in [0.15, 0.2) is 24.3 Å². The van der Waals surface area contributed by atoms with Gasteiger partial charge < -0.3 is 5.73 Å². The summed E-state index contributed by atoms with van der Waals surface area (Å²) in [5.41, 5.74) is 6.82. The van der Waals surface area contributed by atoms with E-state index in [2.05, 4.69) is 6.58 Å². The van der Waals surface area contributed by atoms with Crippen LogP contribution in [-0.2, 0) is 0 Å². The molecule has 76 valence electrons. The van der Waals surface area contributed by atoms with Gasteiger partial charge in [0.05, 0.1) is 4.92 Å². The molecule has 0 bridgehead atoms. The number of nitro groups is 1. The van der Waals surface area contributed by atoms with E-state index in [1.54, 1.807) is 6.07 Å². The number of hydrogen-bond donors (Lipinski definition) is 1. The van der Waals surface area contributed by atoms with Crippen LogP contribution < -0.4 is 5.73 Å². The predicted octanol–water partition coefficient (Wildman–Crippen LogP) is 2.62. The van der Waals surface area contributed by atoms with Gasteiger partial charge in [-0.3, -0.25) is 10.1 Å². The topological polar surface area (TPSA) is 69.2 Å². The van der Waals surface area contributed by atoms with E-state index in [9.17, 15) is 10.1 Å². The number of nitrogens with zero attached hydrogens (tertiary/aromatic N) is 1. The first kappa shape index (κ1) is 10.9. The van der Waals surface area contributed by atoms with Crippen molar-refractivity contribution < 1.29 is 4.92 Å². The Morgan fingerprint density at radius 2 is 2.43 bits per heavy atom. The maximum absolute atomic E-state index is 10.4. The Balaban J connectivity index is 2.76. The van der Waals surface area contributed by atoms with Crippen LogP contribution in [0.4, 0.5) is 5.00 Å². The molecule has 0 spiro atoms. The smallest absolute Gasteiger partial charge is 0.323 e. The van der Waals surface area contributed by atoms with Gasteiger partial charge in [0, 0.05) is 17.0 Å². The highest BCUT2D eigenvalue weighted by Gasteiger charge is 2.14. The van der Waals surface area contributed by atoms with Gasteiger partial charge in [-0.1, -0.05) is 16.9 Å². The Kier molecular flexibility index (Phi) is 3.38. The van der Waals surface area contributed by atoms with Gasteiger partial charge in [0.2, 0.25) is 0 Å². The van der Waals surface area contributed by atoms with E-state index in [-0.39, 0.29) is 11.0 Å². The van der Waals surface area contributed by atoms with Gasteiger partial charge in [0.15, 0.2) is 0 Å². The summed E-state index contributed by atoms with van der Waals surface area (Å²) in [7, 11) is 0. The van der Waals surface area contributed by atoms with Crippen molar-refractivity contribution >= 4 is 16.3 Å². The minimum atomic E-state index is -0.401. The second kappa shape index (κ2) is 4.34. The van der Waals surface area contributed by atoms with E-state index >= 15 is 0 Å². The van der Waals surface area contributed by atoms with E-state index in [0.29, 0.717) is 6.42 Å². The van der Waals surface area contributed by atoms with E-state index in [1.807, 2.05) is 6.92 Å². The van der Waals surface area contributed by atoms with Crippen LogP contribution in [-0.4, -0.2) is 4.92 Å². The summed E-state index contributed by atoms with van der Waals surface area (Å²) in [5.74, 6) is 0. The second-order valence-electron chi connectivity index (χ2n) is 3.20. The molecule has 0 aliphatic carbocycles. The Labute approximate surface area is 86.2 Å². The van der Waals surface area contributed by atoms with Crippen molar-refractivity contribution in [2.75, 3.05) is 0 Å². The van der Waals surface area contributed by atoms with Crippen molar-refractivity contribution in [3.63, 3.8) is 0 Å². The van der Waals surface area contributed by atoms with Gasteiger partial charge in [0.25, 0.3) is 0 Å². The predicted molar refractivity (Wildman–Crippen MR) is 57.3 cm³/mol. The summed E-state index contributed by atoms with van der Waals surface area (Å²) < 4.78 is 0. The standard InChI is InChI=1S/C9H12N2O2S/c1-6(2)5-7(10)8-3-4-9(14-8)11(12)13/h3-4,7H,1,5,10H2,2H3/t7-/m0/s1. The van der Waals surface area contributed by atoms with Crippen LogP contribution in [0, 0.1) is 10.1 Å². The highest BCUT2D eigenvalue weighted by atomic mass is 32.1. The fourth-order valence-electron chi connectivity index (χ4n) is 1.12. The molecule has 0 saturated carbocycles. The molecule has 1 rings (SSSR count). The van der Waals surface area contributed by atoms with E-state index in [4.69, 9.17) is 5.73 Å². The highest BCUT2D eigenvalue weighted by Crippen LogP contribution is 2.30. The zero-order chi connectivity index (χ0) is 10.7. The molecule has 0 aromatic carbocycles. The number of nitrogens with two attached hydrogens (primary N) is 1. The summed E-state index contributed by atoms with van der Waals surface area (Å²) in [5, 5.41) is 10.6. The van der Waals surface area contributed by atoms with Crippen LogP contribution in [0.25, 0.3) is 0 Å². The average molecular weight is 212 g/mol. The lowest BCUT2D eigenvalue weighted by Crippen LogP contribution is -2.08. The molecule has 1 aromatic rings. The number of thiophene rings is 1. The van der Waals surface area contributed by atoms with Crippen LogP contribution in [0.3, 0.4) is 0 Å². The molecule has 5 heteroatoms. The first-order valence-electron chi connectivity index (χ1n) is 4.15. The maximum Gasteiger partial charge on any atom is 0.324 e. The Hall–Kier alpha value is -1.20. The number of hydrogen-bond acceptors (Lipinski definition) is 4. The summed E-state index contributed by atoms with van der Waals surface area (Å²) in [6.07, 6.45) is 0.664. The van der Waals surface area contributed by atoms with Crippen molar-refractivity contribution in [2.45, 2.75) is 19.4 Å². The first-order valence-corrected chi connectivity index (χ1v) is 4.96. The van der Waals surface area contributed by atoms with Crippen molar-refractivity contribution in [2.24, 2.45) is 5.73 Å². The van der Waals surface area contributed by atoms with Crippen molar-refractivity contribution in [1.29, 1.82) is 0 Å². The SMILES string of the molecule is C=C(C)C[C@H](N)c1ccc([N+](=O)[O-])s1. The van der Waals surface area contributed by atoms with Gasteiger partial charge >= 0.3 is 5.00 Å². The molecule has 0 aliphatic heterocycles. The summed E-state index contributed by atoms with van der Waals surface area (Å²) in [4.78, 5) is 10.8. The molecule has 0 amide bonds. The van der Waals surface area contributed by atoms with Gasteiger partial charge in [-0.25, -0.2) is 0 Å². The zero-order valence-electron chi connectivity index (χ0n) is 7.90. The molecular weight excluding hydrogens is 200 g/mol. The summed E-state index contributed by atoms with van der Waals surface area (Å²) in [6.45, 7) is 5.64. The van der Waals surface area contributed by atoms with E-state index < -0.39 is 4.92 Å². The summed E-state index contributed by atoms with van der Waals surface area (Å²) in [6, 6.07) is 3.01. The molecule has 1 aromatic heterocycles. The molecule has 4 nitrogen and oxygen atoms in total. The van der Waals surface area contributed by atoms with E-state index in [0.717, 1.165) is 21.8 Å². The molecule has 0 radical (unpaired) electrons. The zero-order valence-corrected chi connectivity index (χ0v) is 8.71.